The van der Waals surface area contributed by atoms with Crippen molar-refractivity contribution in [1.82, 2.24) is 19.9 Å². The maximum absolute atomic E-state index is 11.6. The van der Waals surface area contributed by atoms with Crippen LogP contribution in [0.5, 0.6) is 0 Å². The molecule has 1 aromatic carbocycles. The van der Waals surface area contributed by atoms with Gasteiger partial charge in [-0.25, -0.2) is 9.97 Å². The Morgan fingerprint density at radius 1 is 1.27 bits per heavy atom. The third kappa shape index (κ3) is 1.08. The van der Waals surface area contributed by atoms with Crippen LogP contribution in [0.25, 0.3) is 21.9 Å². The molecule has 2 aromatic heterocycles. The number of nitrogens with two attached hydrogens (primary N) is 1. The molecule has 0 spiro atoms. The molecule has 0 fully saturated rings. The largest absolute Gasteiger partial charge is 0.369 e. The zero-order valence-corrected chi connectivity index (χ0v) is 7.61. The molecular formula is C9H7N5O. The Hall–Kier alpha value is -2.37. The Morgan fingerprint density at radius 2 is 2.13 bits per heavy atom. The third-order valence-corrected chi connectivity index (χ3v) is 2.26. The summed E-state index contributed by atoms with van der Waals surface area (Å²) in [5, 5.41) is 0.501. The number of anilines is 1. The van der Waals surface area contributed by atoms with E-state index in [4.69, 9.17) is 5.73 Å². The summed E-state index contributed by atoms with van der Waals surface area (Å²) in [6.07, 6.45) is 1.57. The number of rotatable bonds is 0. The van der Waals surface area contributed by atoms with Crippen molar-refractivity contribution in [1.29, 1.82) is 0 Å². The van der Waals surface area contributed by atoms with Crippen molar-refractivity contribution >= 4 is 27.9 Å². The minimum Gasteiger partial charge on any atom is -0.369 e. The van der Waals surface area contributed by atoms with E-state index < -0.39 is 0 Å². The molecule has 15 heavy (non-hydrogen) atoms. The lowest BCUT2D eigenvalue weighted by Crippen LogP contribution is -2.10. The molecular weight excluding hydrogens is 194 g/mol. The predicted octanol–water partition coefficient (Wildman–Crippen LogP) is 0.382. The van der Waals surface area contributed by atoms with Crippen LogP contribution in [0, 0.1) is 0 Å². The van der Waals surface area contributed by atoms with E-state index in [-0.39, 0.29) is 11.5 Å². The van der Waals surface area contributed by atoms with Crippen molar-refractivity contribution in [2.24, 2.45) is 0 Å². The normalized spacial score (nSPS) is 11.2. The second-order valence-corrected chi connectivity index (χ2v) is 3.24. The minimum absolute atomic E-state index is 0.113. The van der Waals surface area contributed by atoms with E-state index in [0.29, 0.717) is 10.9 Å². The molecule has 0 aliphatic carbocycles. The van der Waals surface area contributed by atoms with E-state index in [9.17, 15) is 4.79 Å². The second kappa shape index (κ2) is 2.57. The number of hydrogen-bond donors (Lipinski definition) is 3. The molecule has 4 N–H and O–H groups in total. The van der Waals surface area contributed by atoms with Crippen LogP contribution in [0.3, 0.4) is 0 Å². The highest BCUT2D eigenvalue weighted by Crippen LogP contribution is 2.15. The summed E-state index contributed by atoms with van der Waals surface area (Å²) in [6.45, 7) is 0. The number of benzene rings is 1. The highest BCUT2D eigenvalue weighted by Gasteiger charge is 2.05. The van der Waals surface area contributed by atoms with Gasteiger partial charge in [0.15, 0.2) is 0 Å². The summed E-state index contributed by atoms with van der Waals surface area (Å²) in [7, 11) is 0. The summed E-state index contributed by atoms with van der Waals surface area (Å²) in [5.41, 5.74) is 7.33. The van der Waals surface area contributed by atoms with Crippen molar-refractivity contribution in [3.63, 3.8) is 0 Å². The third-order valence-electron chi connectivity index (χ3n) is 2.26. The summed E-state index contributed by atoms with van der Waals surface area (Å²) in [4.78, 5) is 25.0. The fourth-order valence-corrected chi connectivity index (χ4v) is 1.59. The molecule has 0 bridgehead atoms. The molecule has 0 radical (unpaired) electrons. The van der Waals surface area contributed by atoms with Crippen molar-refractivity contribution in [3.8, 4) is 0 Å². The van der Waals surface area contributed by atoms with Crippen LogP contribution in [0.2, 0.25) is 0 Å². The molecule has 0 aliphatic heterocycles. The SMILES string of the molecule is Nc1nc2cc3nc[nH]c3cc2c(=O)[nH]1. The molecule has 2 heterocycles. The molecule has 6 nitrogen and oxygen atoms in total. The van der Waals surface area contributed by atoms with E-state index in [0.717, 1.165) is 11.0 Å². The zero-order valence-electron chi connectivity index (χ0n) is 7.61. The number of aromatic amines is 2. The van der Waals surface area contributed by atoms with Crippen LogP contribution in [-0.2, 0) is 0 Å². The highest BCUT2D eigenvalue weighted by molar-refractivity contribution is 5.92. The summed E-state index contributed by atoms with van der Waals surface area (Å²) < 4.78 is 0. The number of fused-ring (bicyclic) bond motifs is 2. The minimum atomic E-state index is -0.242. The Balaban J connectivity index is 2.59. The quantitative estimate of drug-likeness (QED) is 0.489. The van der Waals surface area contributed by atoms with Gasteiger partial charge in [0.25, 0.3) is 5.56 Å². The van der Waals surface area contributed by atoms with Crippen molar-refractivity contribution in [2.45, 2.75) is 0 Å². The average Bonchev–Trinajstić information content (AvgIpc) is 2.61. The van der Waals surface area contributed by atoms with Crippen molar-refractivity contribution in [3.05, 3.63) is 28.8 Å². The summed E-state index contributed by atoms with van der Waals surface area (Å²) >= 11 is 0. The van der Waals surface area contributed by atoms with Crippen LogP contribution in [0.4, 0.5) is 5.95 Å². The van der Waals surface area contributed by atoms with Gasteiger partial charge >= 0.3 is 0 Å². The zero-order chi connectivity index (χ0) is 10.4. The van der Waals surface area contributed by atoms with Gasteiger partial charge in [0.1, 0.15) is 0 Å². The number of nitrogen functional groups attached to an aromatic ring is 1. The first-order valence-corrected chi connectivity index (χ1v) is 4.37. The van der Waals surface area contributed by atoms with Crippen LogP contribution in [0.1, 0.15) is 0 Å². The molecule has 6 heteroatoms. The highest BCUT2D eigenvalue weighted by atomic mass is 16.1. The van der Waals surface area contributed by atoms with Crippen LogP contribution >= 0.6 is 0 Å². The molecule has 0 unspecified atom stereocenters. The van der Waals surface area contributed by atoms with E-state index >= 15 is 0 Å². The number of H-pyrrole nitrogens is 2. The van der Waals surface area contributed by atoms with Crippen LogP contribution < -0.4 is 11.3 Å². The molecule has 0 saturated carbocycles. The summed E-state index contributed by atoms with van der Waals surface area (Å²) in [6, 6.07) is 3.44. The molecule has 0 atom stereocenters. The van der Waals surface area contributed by atoms with Gasteiger partial charge in [-0.1, -0.05) is 0 Å². The number of imidazole rings is 1. The molecule has 0 aliphatic rings. The molecule has 74 valence electrons. The first-order chi connectivity index (χ1) is 7.24. The van der Waals surface area contributed by atoms with Gasteiger partial charge < -0.3 is 10.7 Å². The average molecular weight is 201 g/mol. The van der Waals surface area contributed by atoms with Gasteiger partial charge in [-0.05, 0) is 12.1 Å². The molecule has 3 aromatic rings. The molecule has 3 rings (SSSR count). The Labute approximate surface area is 83.2 Å². The first-order valence-electron chi connectivity index (χ1n) is 4.37. The standard InChI is InChI=1S/C9H7N5O/c10-9-13-5-2-7-6(11-3-12-7)1-4(5)8(15)14-9/h1-3H,(H,11,12)(H3,10,13,14,15). The number of nitrogens with zero attached hydrogens (tertiary/aromatic N) is 2. The van der Waals surface area contributed by atoms with Crippen molar-refractivity contribution < 1.29 is 0 Å². The topological polar surface area (TPSA) is 100 Å². The fraction of sp³-hybridized carbons (Fsp3) is 0. The second-order valence-electron chi connectivity index (χ2n) is 3.24. The van der Waals surface area contributed by atoms with Crippen LogP contribution in [-0.4, -0.2) is 19.9 Å². The number of aromatic nitrogens is 4. The van der Waals surface area contributed by atoms with Crippen LogP contribution in [0.15, 0.2) is 23.3 Å². The first kappa shape index (κ1) is 7.98. The molecule has 0 amide bonds. The maximum Gasteiger partial charge on any atom is 0.260 e. The number of nitrogens with one attached hydrogen (secondary N) is 2. The Bertz CT molecular complexity index is 711. The lowest BCUT2D eigenvalue weighted by molar-refractivity contribution is 1.19. The lowest BCUT2D eigenvalue weighted by atomic mass is 10.2. The van der Waals surface area contributed by atoms with Gasteiger partial charge in [0.05, 0.1) is 28.3 Å². The predicted molar refractivity (Wildman–Crippen MR) is 56.4 cm³/mol. The van der Waals surface area contributed by atoms with Gasteiger partial charge in [-0.15, -0.1) is 0 Å². The van der Waals surface area contributed by atoms with Gasteiger partial charge in [0.2, 0.25) is 5.95 Å². The lowest BCUT2D eigenvalue weighted by Gasteiger charge is -1.97. The Morgan fingerprint density at radius 3 is 3.00 bits per heavy atom. The smallest absolute Gasteiger partial charge is 0.260 e. The maximum atomic E-state index is 11.6. The number of hydrogen-bond acceptors (Lipinski definition) is 4. The van der Waals surface area contributed by atoms with Gasteiger partial charge in [-0.2, -0.15) is 0 Å². The van der Waals surface area contributed by atoms with E-state index in [2.05, 4.69) is 19.9 Å². The summed E-state index contributed by atoms with van der Waals surface area (Å²) in [5.74, 6) is 0.113. The van der Waals surface area contributed by atoms with E-state index in [1.807, 2.05) is 0 Å². The van der Waals surface area contributed by atoms with Gasteiger partial charge in [0, 0.05) is 0 Å². The van der Waals surface area contributed by atoms with E-state index in [1.54, 1.807) is 18.5 Å². The fourth-order valence-electron chi connectivity index (χ4n) is 1.59. The Kier molecular flexibility index (Phi) is 1.37. The van der Waals surface area contributed by atoms with E-state index in [1.165, 1.54) is 0 Å². The monoisotopic (exact) mass is 201 g/mol. The van der Waals surface area contributed by atoms with Crippen molar-refractivity contribution in [2.75, 3.05) is 5.73 Å². The van der Waals surface area contributed by atoms with Gasteiger partial charge in [-0.3, -0.25) is 9.78 Å². The molecule has 0 saturated heterocycles.